The van der Waals surface area contributed by atoms with Crippen LogP contribution in [-0.4, -0.2) is 53.9 Å². The van der Waals surface area contributed by atoms with Gasteiger partial charge in [-0.2, -0.15) is 13.2 Å². The van der Waals surface area contributed by atoms with E-state index in [1.165, 1.54) is 11.0 Å². The van der Waals surface area contributed by atoms with Crippen molar-refractivity contribution in [3.8, 4) is 0 Å². The van der Waals surface area contributed by atoms with Crippen molar-refractivity contribution in [1.29, 1.82) is 0 Å². The van der Waals surface area contributed by atoms with Crippen molar-refractivity contribution in [2.24, 2.45) is 0 Å². The molecule has 3 rings (SSSR count). The number of hydrogen-bond acceptors (Lipinski definition) is 4. The summed E-state index contributed by atoms with van der Waals surface area (Å²) >= 11 is 0. The first-order valence-electron chi connectivity index (χ1n) is 7.71. The molecule has 2 amide bonds. The van der Waals surface area contributed by atoms with Gasteiger partial charge in [0.1, 0.15) is 5.69 Å². The Kier molecular flexibility index (Phi) is 4.44. The van der Waals surface area contributed by atoms with E-state index >= 15 is 0 Å². The van der Waals surface area contributed by atoms with Crippen LogP contribution in [0.5, 0.6) is 0 Å². The number of carbonyl (C=O) groups is 2. The number of pyridine rings is 1. The minimum atomic E-state index is -4.55. The average molecular weight is 342 g/mol. The Labute approximate surface area is 136 Å². The first-order chi connectivity index (χ1) is 11.4. The maximum atomic E-state index is 12.8. The molecule has 0 aromatic carbocycles. The summed E-state index contributed by atoms with van der Waals surface area (Å²) in [6.45, 7) is 1.33. The van der Waals surface area contributed by atoms with Crippen LogP contribution in [0.2, 0.25) is 0 Å². The quantitative estimate of drug-likeness (QED) is 0.872. The van der Waals surface area contributed by atoms with Gasteiger partial charge in [0, 0.05) is 31.5 Å². The number of hydrogen-bond donors (Lipinski definition) is 1. The molecule has 2 aliphatic heterocycles. The first-order valence-corrected chi connectivity index (χ1v) is 7.71. The Bertz CT molecular complexity index is 650. The van der Waals surface area contributed by atoms with Gasteiger partial charge in [-0.05, 0) is 25.0 Å². The highest BCUT2D eigenvalue weighted by atomic mass is 19.4. The Morgan fingerprint density at radius 3 is 2.71 bits per heavy atom. The summed E-state index contributed by atoms with van der Waals surface area (Å²) < 4.78 is 38.3. The van der Waals surface area contributed by atoms with Crippen LogP contribution in [0.15, 0.2) is 18.3 Å². The van der Waals surface area contributed by atoms with Crippen molar-refractivity contribution in [3.05, 3.63) is 24.0 Å². The van der Waals surface area contributed by atoms with Crippen molar-refractivity contribution < 1.29 is 22.8 Å². The molecule has 9 heteroatoms. The molecule has 6 nitrogen and oxygen atoms in total. The van der Waals surface area contributed by atoms with Crippen LogP contribution in [0, 0.1) is 0 Å². The summed E-state index contributed by atoms with van der Waals surface area (Å²) in [5.74, 6) is -0.412. The highest BCUT2D eigenvalue weighted by Crippen LogP contribution is 2.30. The number of aromatic nitrogens is 1. The topological polar surface area (TPSA) is 65.5 Å². The van der Waals surface area contributed by atoms with Crippen molar-refractivity contribution in [2.45, 2.75) is 25.1 Å². The third-order valence-corrected chi connectivity index (χ3v) is 4.29. The molecule has 0 bridgehead atoms. The van der Waals surface area contributed by atoms with Crippen LogP contribution in [-0.2, 0) is 15.8 Å². The van der Waals surface area contributed by atoms with E-state index in [9.17, 15) is 22.8 Å². The van der Waals surface area contributed by atoms with Crippen LogP contribution in [0.3, 0.4) is 0 Å². The molecule has 2 aliphatic rings. The number of halogens is 3. The van der Waals surface area contributed by atoms with E-state index in [1.54, 1.807) is 4.90 Å². The summed E-state index contributed by atoms with van der Waals surface area (Å²) in [4.78, 5) is 30.7. The molecular weight excluding hydrogens is 325 g/mol. The Morgan fingerprint density at radius 1 is 1.25 bits per heavy atom. The van der Waals surface area contributed by atoms with Crippen molar-refractivity contribution in [1.82, 2.24) is 15.2 Å². The first kappa shape index (κ1) is 16.7. The van der Waals surface area contributed by atoms with Gasteiger partial charge in [-0.3, -0.25) is 19.5 Å². The van der Waals surface area contributed by atoms with E-state index in [-0.39, 0.29) is 36.6 Å². The van der Waals surface area contributed by atoms with Gasteiger partial charge < -0.3 is 10.2 Å². The fourth-order valence-corrected chi connectivity index (χ4v) is 3.08. The average Bonchev–Trinajstić information content (AvgIpc) is 2.54. The molecule has 0 spiro atoms. The SMILES string of the molecule is O=C1NCCCC1N1CCN(c2ccnc(C(F)(F)F)c2)C(=O)C1. The van der Waals surface area contributed by atoms with Gasteiger partial charge in [-0.1, -0.05) is 0 Å². The summed E-state index contributed by atoms with van der Waals surface area (Å²) in [5, 5.41) is 2.77. The van der Waals surface area contributed by atoms with E-state index in [0.29, 0.717) is 19.5 Å². The zero-order valence-corrected chi connectivity index (χ0v) is 12.8. The number of anilines is 1. The highest BCUT2D eigenvalue weighted by molar-refractivity contribution is 5.96. The lowest BCUT2D eigenvalue weighted by molar-refractivity contribution is -0.141. The number of amides is 2. The molecule has 1 aromatic rings. The smallest absolute Gasteiger partial charge is 0.355 e. The van der Waals surface area contributed by atoms with Gasteiger partial charge in [0.25, 0.3) is 0 Å². The number of piperazine rings is 1. The van der Waals surface area contributed by atoms with E-state index in [4.69, 9.17) is 0 Å². The molecule has 0 radical (unpaired) electrons. The second-order valence-corrected chi connectivity index (χ2v) is 5.86. The lowest BCUT2D eigenvalue weighted by atomic mass is 10.0. The molecule has 0 saturated carbocycles. The van der Waals surface area contributed by atoms with Crippen LogP contribution in [0.4, 0.5) is 18.9 Å². The van der Waals surface area contributed by atoms with Crippen molar-refractivity contribution in [3.63, 3.8) is 0 Å². The molecule has 24 heavy (non-hydrogen) atoms. The molecule has 0 aliphatic carbocycles. The molecule has 2 saturated heterocycles. The van der Waals surface area contributed by atoms with Gasteiger partial charge in [0.15, 0.2) is 0 Å². The number of piperidine rings is 1. The van der Waals surface area contributed by atoms with E-state index in [2.05, 4.69) is 10.3 Å². The van der Waals surface area contributed by atoms with Crippen LogP contribution in [0.1, 0.15) is 18.5 Å². The monoisotopic (exact) mass is 342 g/mol. The number of rotatable bonds is 2. The molecule has 130 valence electrons. The second kappa shape index (κ2) is 6.39. The summed E-state index contributed by atoms with van der Waals surface area (Å²) in [6.07, 6.45) is -1.97. The maximum absolute atomic E-state index is 12.8. The molecule has 2 fully saturated rings. The van der Waals surface area contributed by atoms with Crippen molar-refractivity contribution in [2.75, 3.05) is 31.1 Å². The highest BCUT2D eigenvalue weighted by Gasteiger charge is 2.36. The van der Waals surface area contributed by atoms with E-state index in [0.717, 1.165) is 18.7 Å². The van der Waals surface area contributed by atoms with Gasteiger partial charge >= 0.3 is 6.18 Å². The Morgan fingerprint density at radius 2 is 2.04 bits per heavy atom. The number of nitrogens with zero attached hydrogens (tertiary/aromatic N) is 3. The van der Waals surface area contributed by atoms with E-state index < -0.39 is 11.9 Å². The summed E-state index contributed by atoms with van der Waals surface area (Å²) in [7, 11) is 0. The maximum Gasteiger partial charge on any atom is 0.433 e. The summed E-state index contributed by atoms with van der Waals surface area (Å²) in [6, 6.07) is 1.92. The van der Waals surface area contributed by atoms with Crippen molar-refractivity contribution >= 4 is 17.5 Å². The third-order valence-electron chi connectivity index (χ3n) is 4.29. The normalized spacial score (nSPS) is 23.3. The summed E-state index contributed by atoms with van der Waals surface area (Å²) in [5.41, 5.74) is -0.850. The molecule has 1 atom stereocenters. The van der Waals surface area contributed by atoms with Gasteiger partial charge in [0.2, 0.25) is 11.8 Å². The zero-order valence-electron chi connectivity index (χ0n) is 12.8. The second-order valence-electron chi connectivity index (χ2n) is 5.86. The molecule has 1 aromatic heterocycles. The van der Waals surface area contributed by atoms with E-state index in [1.807, 2.05) is 0 Å². The Balaban J connectivity index is 1.72. The standard InChI is InChI=1S/C15H17F3N4O2/c16-15(17,18)12-8-10(3-5-19-12)22-7-6-21(9-13(22)23)11-2-1-4-20-14(11)24/h3,5,8,11H,1-2,4,6-7,9H2,(H,20,24). The number of nitrogens with one attached hydrogen (secondary N) is 1. The lowest BCUT2D eigenvalue weighted by Crippen LogP contribution is -2.58. The molecule has 1 unspecified atom stereocenters. The van der Waals surface area contributed by atoms with Gasteiger partial charge in [0.05, 0.1) is 12.6 Å². The predicted molar refractivity (Wildman–Crippen MR) is 79.2 cm³/mol. The molecular formula is C15H17F3N4O2. The van der Waals surface area contributed by atoms with Gasteiger partial charge in [-0.15, -0.1) is 0 Å². The van der Waals surface area contributed by atoms with Crippen LogP contribution < -0.4 is 10.2 Å². The van der Waals surface area contributed by atoms with Crippen LogP contribution >= 0.6 is 0 Å². The largest absolute Gasteiger partial charge is 0.433 e. The predicted octanol–water partition coefficient (Wildman–Crippen LogP) is 1.03. The number of alkyl halides is 3. The fraction of sp³-hybridized carbons (Fsp3) is 0.533. The number of carbonyl (C=O) groups excluding carboxylic acids is 2. The third kappa shape index (κ3) is 3.35. The molecule has 1 N–H and O–H groups in total. The Hall–Kier alpha value is -2.16. The lowest BCUT2D eigenvalue weighted by Gasteiger charge is -2.39. The van der Waals surface area contributed by atoms with Gasteiger partial charge in [-0.25, -0.2) is 0 Å². The minimum absolute atomic E-state index is 0.0156. The minimum Gasteiger partial charge on any atom is -0.355 e. The zero-order chi connectivity index (χ0) is 17.3. The van der Waals surface area contributed by atoms with Crippen LogP contribution in [0.25, 0.3) is 0 Å². The molecule has 3 heterocycles. The fourth-order valence-electron chi connectivity index (χ4n) is 3.08.